The average molecular weight is 295 g/mol. The Balaban J connectivity index is 3.07. The zero-order chi connectivity index (χ0) is 16.2. The number of likely N-dealkylation sites (N-methyl/N-ethyl adjacent to an activating group) is 1. The Morgan fingerprint density at radius 1 is 1.38 bits per heavy atom. The summed E-state index contributed by atoms with van der Waals surface area (Å²) < 4.78 is 10.3. The van der Waals surface area contributed by atoms with Crippen molar-refractivity contribution < 1.29 is 24.2 Å². The van der Waals surface area contributed by atoms with E-state index in [1.165, 1.54) is 26.3 Å². The van der Waals surface area contributed by atoms with Crippen LogP contribution >= 0.6 is 0 Å². The number of methoxy groups -OCH3 is 1. The van der Waals surface area contributed by atoms with Crippen LogP contribution in [-0.2, 0) is 9.53 Å². The highest BCUT2D eigenvalue weighted by atomic mass is 16.6. The Morgan fingerprint density at radius 3 is 2.48 bits per heavy atom. The molecule has 0 saturated heterocycles. The summed E-state index contributed by atoms with van der Waals surface area (Å²) in [7, 11) is 2.91. The third kappa shape index (κ3) is 4.37. The van der Waals surface area contributed by atoms with Crippen LogP contribution in [-0.4, -0.2) is 42.1 Å². The molecule has 0 aliphatic heterocycles. The number of amides is 1. The monoisotopic (exact) mass is 295 g/mol. The van der Waals surface area contributed by atoms with Crippen molar-refractivity contribution in [2.24, 2.45) is 0 Å². The molecule has 0 fully saturated rings. The van der Waals surface area contributed by atoms with Crippen molar-refractivity contribution in [3.8, 4) is 11.5 Å². The van der Waals surface area contributed by atoms with Gasteiger partial charge in [-0.15, -0.1) is 0 Å². The third-order valence-electron chi connectivity index (χ3n) is 2.78. The SMILES string of the molecule is COc1ccc(O)c(C(C=O)N(C)C(=O)OC(C)(C)C)c1. The predicted octanol–water partition coefficient (Wildman–Crippen LogP) is 2.51. The zero-order valence-electron chi connectivity index (χ0n) is 12.9. The second-order valence-electron chi connectivity index (χ2n) is 5.60. The molecule has 1 rings (SSSR count). The van der Waals surface area contributed by atoms with E-state index in [1.807, 2.05) is 0 Å². The van der Waals surface area contributed by atoms with E-state index in [0.29, 0.717) is 12.0 Å². The number of phenolic OH excluding ortho intramolecular Hbond substituents is 1. The first-order valence-electron chi connectivity index (χ1n) is 6.47. The lowest BCUT2D eigenvalue weighted by Crippen LogP contribution is -2.37. The van der Waals surface area contributed by atoms with E-state index in [2.05, 4.69) is 0 Å². The van der Waals surface area contributed by atoms with Crippen LogP contribution in [0.1, 0.15) is 32.4 Å². The minimum Gasteiger partial charge on any atom is -0.508 e. The van der Waals surface area contributed by atoms with Crippen LogP contribution in [0.2, 0.25) is 0 Å². The lowest BCUT2D eigenvalue weighted by atomic mass is 10.1. The minimum atomic E-state index is -0.963. The molecule has 6 heteroatoms. The van der Waals surface area contributed by atoms with Gasteiger partial charge in [-0.05, 0) is 39.0 Å². The Hall–Kier alpha value is -2.24. The Kier molecular flexibility index (Phi) is 5.18. The maximum absolute atomic E-state index is 12.0. The zero-order valence-corrected chi connectivity index (χ0v) is 12.9. The second kappa shape index (κ2) is 6.47. The summed E-state index contributed by atoms with van der Waals surface area (Å²) in [5, 5.41) is 9.90. The molecule has 0 radical (unpaired) electrons. The molecule has 0 spiro atoms. The number of aromatic hydroxyl groups is 1. The Morgan fingerprint density at radius 2 is 2.00 bits per heavy atom. The molecule has 0 aliphatic carbocycles. The minimum absolute atomic E-state index is 0.0942. The molecule has 116 valence electrons. The predicted molar refractivity (Wildman–Crippen MR) is 77.5 cm³/mol. The van der Waals surface area contributed by atoms with Crippen molar-refractivity contribution >= 4 is 12.4 Å². The van der Waals surface area contributed by atoms with E-state index in [0.717, 1.165) is 4.90 Å². The smallest absolute Gasteiger partial charge is 0.410 e. The number of carbonyl (C=O) groups is 2. The quantitative estimate of drug-likeness (QED) is 0.864. The van der Waals surface area contributed by atoms with Gasteiger partial charge in [-0.25, -0.2) is 4.79 Å². The largest absolute Gasteiger partial charge is 0.508 e. The van der Waals surface area contributed by atoms with E-state index in [-0.39, 0.29) is 11.3 Å². The van der Waals surface area contributed by atoms with Crippen molar-refractivity contribution in [1.29, 1.82) is 0 Å². The number of ether oxygens (including phenoxy) is 2. The van der Waals surface area contributed by atoms with Crippen molar-refractivity contribution in [3.63, 3.8) is 0 Å². The Bertz CT molecular complexity index is 521. The summed E-state index contributed by atoms with van der Waals surface area (Å²) in [5.74, 6) is 0.385. The Labute approximate surface area is 124 Å². The number of phenols is 1. The number of hydrogen-bond acceptors (Lipinski definition) is 5. The van der Waals surface area contributed by atoms with Gasteiger partial charge in [0.25, 0.3) is 0 Å². The van der Waals surface area contributed by atoms with Crippen LogP contribution in [0.4, 0.5) is 4.79 Å². The fraction of sp³-hybridized carbons (Fsp3) is 0.467. The number of hydrogen-bond donors (Lipinski definition) is 1. The van der Waals surface area contributed by atoms with Crippen molar-refractivity contribution in [1.82, 2.24) is 4.90 Å². The molecule has 1 amide bonds. The van der Waals surface area contributed by atoms with Gasteiger partial charge >= 0.3 is 6.09 Å². The summed E-state index contributed by atoms with van der Waals surface area (Å²) in [4.78, 5) is 24.5. The van der Waals surface area contributed by atoms with Crippen LogP contribution in [0.3, 0.4) is 0 Å². The van der Waals surface area contributed by atoms with E-state index in [9.17, 15) is 14.7 Å². The highest BCUT2D eigenvalue weighted by Crippen LogP contribution is 2.31. The number of carbonyl (C=O) groups excluding carboxylic acids is 2. The van der Waals surface area contributed by atoms with E-state index in [1.54, 1.807) is 26.8 Å². The molecule has 6 nitrogen and oxygen atoms in total. The summed E-state index contributed by atoms with van der Waals surface area (Å²) in [6.07, 6.45) is -0.0832. The summed E-state index contributed by atoms with van der Waals surface area (Å²) in [6.45, 7) is 5.20. The standard InChI is InChI=1S/C15H21NO5/c1-15(2,3)21-14(19)16(4)12(9-17)11-8-10(20-5)6-7-13(11)18/h6-9,12,18H,1-5H3. The van der Waals surface area contributed by atoms with E-state index < -0.39 is 17.7 Å². The van der Waals surface area contributed by atoms with Crippen LogP contribution < -0.4 is 4.74 Å². The molecule has 0 saturated carbocycles. The van der Waals surface area contributed by atoms with E-state index >= 15 is 0 Å². The molecule has 1 unspecified atom stereocenters. The molecule has 1 aromatic rings. The van der Waals surface area contributed by atoms with Gasteiger partial charge in [-0.1, -0.05) is 0 Å². The summed E-state index contributed by atoms with van der Waals surface area (Å²) in [5.41, 5.74) is -0.396. The first-order valence-corrected chi connectivity index (χ1v) is 6.47. The first kappa shape index (κ1) is 16.8. The number of benzene rings is 1. The molecule has 21 heavy (non-hydrogen) atoms. The van der Waals surface area contributed by atoms with Gasteiger partial charge in [0.1, 0.15) is 29.4 Å². The van der Waals surface area contributed by atoms with Gasteiger partial charge in [-0.2, -0.15) is 0 Å². The number of nitrogens with zero attached hydrogens (tertiary/aromatic N) is 1. The maximum atomic E-state index is 12.0. The molecule has 0 bridgehead atoms. The van der Waals surface area contributed by atoms with Gasteiger partial charge < -0.3 is 19.4 Å². The average Bonchev–Trinajstić information content (AvgIpc) is 2.39. The molecule has 0 heterocycles. The normalized spacial score (nSPS) is 12.4. The van der Waals surface area contributed by atoms with E-state index in [4.69, 9.17) is 9.47 Å². The first-order chi connectivity index (χ1) is 9.69. The molecule has 0 aromatic heterocycles. The molecule has 1 aromatic carbocycles. The van der Waals surface area contributed by atoms with Gasteiger partial charge in [0, 0.05) is 12.6 Å². The van der Waals surface area contributed by atoms with Crippen molar-refractivity contribution in [2.45, 2.75) is 32.4 Å². The van der Waals surface area contributed by atoms with Gasteiger partial charge in [0.15, 0.2) is 0 Å². The number of aldehydes is 1. The highest BCUT2D eigenvalue weighted by Gasteiger charge is 2.28. The number of rotatable bonds is 4. The molecular weight excluding hydrogens is 274 g/mol. The summed E-state index contributed by atoms with van der Waals surface area (Å²) >= 11 is 0. The third-order valence-corrected chi connectivity index (χ3v) is 2.78. The van der Waals surface area contributed by atoms with Crippen molar-refractivity contribution in [3.05, 3.63) is 23.8 Å². The van der Waals surface area contributed by atoms with Crippen LogP contribution in [0.25, 0.3) is 0 Å². The van der Waals surface area contributed by atoms with Gasteiger partial charge in [0.2, 0.25) is 0 Å². The second-order valence-corrected chi connectivity index (χ2v) is 5.60. The van der Waals surface area contributed by atoms with Crippen LogP contribution in [0.5, 0.6) is 11.5 Å². The van der Waals surface area contributed by atoms with Gasteiger partial charge in [0.05, 0.1) is 7.11 Å². The molecule has 0 aliphatic rings. The molecule has 1 atom stereocenters. The lowest BCUT2D eigenvalue weighted by molar-refractivity contribution is -0.112. The topological polar surface area (TPSA) is 76.1 Å². The highest BCUT2D eigenvalue weighted by molar-refractivity contribution is 5.75. The van der Waals surface area contributed by atoms with Crippen molar-refractivity contribution in [2.75, 3.05) is 14.2 Å². The molecular formula is C15H21NO5. The lowest BCUT2D eigenvalue weighted by Gasteiger charge is -2.28. The van der Waals surface area contributed by atoms with Gasteiger partial charge in [-0.3, -0.25) is 4.90 Å². The fourth-order valence-electron chi connectivity index (χ4n) is 1.72. The fourth-order valence-corrected chi connectivity index (χ4v) is 1.72. The van der Waals surface area contributed by atoms with Crippen LogP contribution in [0.15, 0.2) is 18.2 Å². The summed E-state index contributed by atoms with van der Waals surface area (Å²) in [6, 6.07) is 3.52. The maximum Gasteiger partial charge on any atom is 0.410 e. The molecule has 1 N–H and O–H groups in total. The van der Waals surface area contributed by atoms with Crippen LogP contribution in [0, 0.1) is 0 Å².